The van der Waals surface area contributed by atoms with Crippen LogP contribution >= 0.6 is 0 Å². The molecule has 0 aliphatic carbocycles. The Morgan fingerprint density at radius 2 is 1.54 bits per heavy atom. The van der Waals surface area contributed by atoms with E-state index < -0.39 is 0 Å². The molecule has 0 spiro atoms. The highest BCUT2D eigenvalue weighted by Crippen LogP contribution is 2.33. The second-order valence-corrected chi connectivity index (χ2v) is 6.19. The Hall–Kier alpha value is -3.66. The Bertz CT molecular complexity index is 1230. The van der Waals surface area contributed by atoms with E-state index in [1.54, 1.807) is 24.5 Å². The fourth-order valence-electron chi connectivity index (χ4n) is 3.44. The molecule has 0 atom stereocenters. The Labute approximate surface area is 150 Å². The summed E-state index contributed by atoms with van der Waals surface area (Å²) in [5.74, 6) is 1.06. The lowest BCUT2D eigenvalue weighted by atomic mass is 10.1. The molecule has 5 rings (SSSR count). The fraction of sp³-hybridized carbons (Fsp3) is 0. The van der Waals surface area contributed by atoms with E-state index in [0.29, 0.717) is 0 Å². The zero-order chi connectivity index (χ0) is 17.5. The summed E-state index contributed by atoms with van der Waals surface area (Å²) in [6.45, 7) is 0. The third kappa shape index (κ3) is 2.24. The van der Waals surface area contributed by atoms with Crippen molar-refractivity contribution in [2.24, 2.45) is 0 Å². The second-order valence-electron chi connectivity index (χ2n) is 6.19. The van der Waals surface area contributed by atoms with Crippen LogP contribution in [-0.4, -0.2) is 19.6 Å². The molecule has 0 bridgehead atoms. The van der Waals surface area contributed by atoms with Crippen LogP contribution in [0.5, 0.6) is 5.75 Å². The summed E-state index contributed by atoms with van der Waals surface area (Å²) in [5.41, 5.74) is 4.13. The van der Waals surface area contributed by atoms with E-state index in [-0.39, 0.29) is 5.75 Å². The van der Waals surface area contributed by atoms with E-state index >= 15 is 0 Å². The maximum absolute atomic E-state index is 9.98. The van der Waals surface area contributed by atoms with Crippen LogP contribution < -0.4 is 0 Å². The molecule has 5 aromatic rings. The molecule has 4 nitrogen and oxygen atoms in total. The van der Waals surface area contributed by atoms with Gasteiger partial charge in [0.25, 0.3) is 0 Å². The summed E-state index contributed by atoms with van der Waals surface area (Å²) in [6.07, 6.45) is 5.42. The number of para-hydroxylation sites is 1. The van der Waals surface area contributed by atoms with Crippen molar-refractivity contribution < 1.29 is 5.11 Å². The van der Waals surface area contributed by atoms with Crippen LogP contribution in [0.25, 0.3) is 38.8 Å². The molecule has 0 saturated carbocycles. The average molecular weight is 337 g/mol. The number of aromatic hydroxyl groups is 1. The number of rotatable bonds is 2. The highest BCUT2D eigenvalue weighted by atomic mass is 16.3. The average Bonchev–Trinajstić information content (AvgIpc) is 3.02. The van der Waals surface area contributed by atoms with Gasteiger partial charge in [0.2, 0.25) is 0 Å². The summed E-state index contributed by atoms with van der Waals surface area (Å²) in [5, 5.41) is 12.2. The Kier molecular flexibility index (Phi) is 3.22. The van der Waals surface area contributed by atoms with E-state index in [2.05, 4.69) is 32.7 Å². The van der Waals surface area contributed by atoms with Crippen LogP contribution in [0.15, 0.2) is 85.3 Å². The van der Waals surface area contributed by atoms with Crippen LogP contribution in [0, 0.1) is 0 Å². The number of fused-ring (bicyclic) bond motifs is 3. The smallest absolute Gasteiger partial charge is 0.137 e. The van der Waals surface area contributed by atoms with Crippen molar-refractivity contribution in [3.63, 3.8) is 0 Å². The van der Waals surface area contributed by atoms with Crippen LogP contribution in [0.4, 0.5) is 0 Å². The number of benzene rings is 2. The van der Waals surface area contributed by atoms with Gasteiger partial charge < -0.3 is 5.11 Å². The highest BCUT2D eigenvalue weighted by molar-refractivity contribution is 6.09. The molecule has 26 heavy (non-hydrogen) atoms. The Morgan fingerprint density at radius 1 is 0.731 bits per heavy atom. The predicted molar refractivity (Wildman–Crippen MR) is 103 cm³/mol. The zero-order valence-corrected chi connectivity index (χ0v) is 13.9. The SMILES string of the molecule is Oc1ccc2c3ccccc3n(-c3ccc(-c4ccncc4)cn3)c2c1. The number of pyridine rings is 2. The Balaban J connectivity index is 1.74. The van der Waals surface area contributed by atoms with Gasteiger partial charge in [0.1, 0.15) is 11.6 Å². The normalized spacial score (nSPS) is 11.2. The first kappa shape index (κ1) is 14.7. The molecule has 0 fully saturated rings. The van der Waals surface area contributed by atoms with E-state index in [0.717, 1.165) is 38.8 Å². The van der Waals surface area contributed by atoms with Crippen molar-refractivity contribution in [1.29, 1.82) is 0 Å². The van der Waals surface area contributed by atoms with Gasteiger partial charge in [0.15, 0.2) is 0 Å². The highest BCUT2D eigenvalue weighted by Gasteiger charge is 2.13. The minimum atomic E-state index is 0.245. The predicted octanol–water partition coefficient (Wildman–Crippen LogP) is 4.95. The van der Waals surface area contributed by atoms with Crippen LogP contribution in [0.3, 0.4) is 0 Å². The Morgan fingerprint density at radius 3 is 2.35 bits per heavy atom. The van der Waals surface area contributed by atoms with Crippen molar-refractivity contribution >= 4 is 21.8 Å². The number of aromatic nitrogens is 3. The molecule has 1 N–H and O–H groups in total. The van der Waals surface area contributed by atoms with Crippen LogP contribution in [-0.2, 0) is 0 Å². The van der Waals surface area contributed by atoms with Gasteiger partial charge in [-0.2, -0.15) is 0 Å². The summed E-state index contributed by atoms with van der Waals surface area (Å²) < 4.78 is 2.08. The molecule has 4 heteroatoms. The van der Waals surface area contributed by atoms with E-state index in [4.69, 9.17) is 0 Å². The van der Waals surface area contributed by atoms with Crippen LogP contribution in [0.1, 0.15) is 0 Å². The summed E-state index contributed by atoms with van der Waals surface area (Å²) in [7, 11) is 0. The molecule has 0 saturated heterocycles. The molecule has 0 aliphatic rings. The summed E-state index contributed by atoms with van der Waals surface area (Å²) >= 11 is 0. The van der Waals surface area contributed by atoms with Crippen molar-refractivity contribution in [1.82, 2.24) is 14.5 Å². The molecule has 0 unspecified atom stereocenters. The lowest BCUT2D eigenvalue weighted by molar-refractivity contribution is 0.476. The molecule has 2 aromatic carbocycles. The standard InChI is InChI=1S/C22H15N3O/c26-17-6-7-19-18-3-1-2-4-20(18)25(21(19)13-17)22-8-5-16(14-24-22)15-9-11-23-12-10-15/h1-14,26H. The third-order valence-electron chi connectivity index (χ3n) is 4.65. The van der Waals surface area contributed by atoms with E-state index in [9.17, 15) is 5.11 Å². The zero-order valence-electron chi connectivity index (χ0n) is 13.9. The van der Waals surface area contributed by atoms with Gasteiger partial charge in [-0.25, -0.2) is 4.98 Å². The van der Waals surface area contributed by atoms with Crippen molar-refractivity contribution in [3.05, 3.63) is 85.3 Å². The number of hydrogen-bond donors (Lipinski definition) is 1. The first-order valence-electron chi connectivity index (χ1n) is 8.40. The van der Waals surface area contributed by atoms with E-state index in [1.807, 2.05) is 42.6 Å². The first-order valence-corrected chi connectivity index (χ1v) is 8.40. The van der Waals surface area contributed by atoms with Crippen molar-refractivity contribution in [3.8, 4) is 22.7 Å². The molecule has 124 valence electrons. The molecule has 3 aromatic heterocycles. The van der Waals surface area contributed by atoms with Gasteiger partial charge in [0.05, 0.1) is 11.0 Å². The third-order valence-corrected chi connectivity index (χ3v) is 4.65. The number of phenolic OH excluding ortho intramolecular Hbond substituents is 1. The van der Waals surface area contributed by atoms with Crippen molar-refractivity contribution in [2.45, 2.75) is 0 Å². The maximum Gasteiger partial charge on any atom is 0.137 e. The largest absolute Gasteiger partial charge is 0.508 e. The number of phenols is 1. The molecular formula is C22H15N3O. The topological polar surface area (TPSA) is 50.9 Å². The van der Waals surface area contributed by atoms with Gasteiger partial charge >= 0.3 is 0 Å². The molecule has 0 amide bonds. The van der Waals surface area contributed by atoms with Gasteiger partial charge in [-0.05, 0) is 48.0 Å². The molecular weight excluding hydrogens is 322 g/mol. The molecule has 3 heterocycles. The molecule has 0 aliphatic heterocycles. The second kappa shape index (κ2) is 5.70. The van der Waals surface area contributed by atoms with Gasteiger partial charge in [-0.3, -0.25) is 9.55 Å². The molecule has 0 radical (unpaired) electrons. The monoisotopic (exact) mass is 337 g/mol. The summed E-state index contributed by atoms with van der Waals surface area (Å²) in [6, 6.07) is 21.7. The van der Waals surface area contributed by atoms with Gasteiger partial charge in [-0.1, -0.05) is 18.2 Å². The lowest BCUT2D eigenvalue weighted by Gasteiger charge is -2.08. The van der Waals surface area contributed by atoms with Gasteiger partial charge in [0, 0.05) is 41.0 Å². The quantitative estimate of drug-likeness (QED) is 0.496. The van der Waals surface area contributed by atoms with Gasteiger partial charge in [-0.15, -0.1) is 0 Å². The maximum atomic E-state index is 9.98. The summed E-state index contributed by atoms with van der Waals surface area (Å²) in [4.78, 5) is 8.75. The number of nitrogens with zero attached hydrogens (tertiary/aromatic N) is 3. The minimum absolute atomic E-state index is 0.245. The van der Waals surface area contributed by atoms with E-state index in [1.165, 1.54) is 0 Å². The first-order chi connectivity index (χ1) is 12.8. The van der Waals surface area contributed by atoms with Crippen molar-refractivity contribution in [2.75, 3.05) is 0 Å². The number of hydrogen-bond acceptors (Lipinski definition) is 3. The lowest BCUT2D eigenvalue weighted by Crippen LogP contribution is -1.97. The minimum Gasteiger partial charge on any atom is -0.508 e. The van der Waals surface area contributed by atoms with Crippen LogP contribution in [0.2, 0.25) is 0 Å². The fourth-order valence-corrected chi connectivity index (χ4v) is 3.44.